The van der Waals surface area contributed by atoms with Crippen LogP contribution in [0.25, 0.3) is 0 Å². The SMILES string of the molecule is Cc1cc(NC(C)CN2CCCC2)nc(C)n1. The molecule has 1 aromatic heterocycles. The Morgan fingerprint density at radius 2 is 2.00 bits per heavy atom. The summed E-state index contributed by atoms with van der Waals surface area (Å²) in [5.41, 5.74) is 1.02. The van der Waals surface area contributed by atoms with Crippen LogP contribution in [0.15, 0.2) is 6.07 Å². The zero-order valence-corrected chi connectivity index (χ0v) is 11.0. The van der Waals surface area contributed by atoms with Crippen LogP contribution in [-0.4, -0.2) is 40.5 Å². The second-order valence-electron chi connectivity index (χ2n) is 4.99. The molecule has 1 aromatic rings. The van der Waals surface area contributed by atoms with Crippen LogP contribution in [0.3, 0.4) is 0 Å². The minimum atomic E-state index is 0.432. The summed E-state index contributed by atoms with van der Waals surface area (Å²) in [4.78, 5) is 11.2. The van der Waals surface area contributed by atoms with E-state index in [2.05, 4.69) is 27.1 Å². The van der Waals surface area contributed by atoms with Crippen molar-refractivity contribution in [2.24, 2.45) is 0 Å². The van der Waals surface area contributed by atoms with Gasteiger partial charge in [-0.15, -0.1) is 0 Å². The van der Waals surface area contributed by atoms with Crippen LogP contribution in [-0.2, 0) is 0 Å². The van der Waals surface area contributed by atoms with Crippen molar-refractivity contribution in [3.05, 3.63) is 17.6 Å². The van der Waals surface area contributed by atoms with Crippen LogP contribution in [0.4, 0.5) is 5.82 Å². The molecule has 0 amide bonds. The fraction of sp³-hybridized carbons (Fsp3) is 0.692. The molecular weight excluding hydrogens is 212 g/mol. The van der Waals surface area contributed by atoms with E-state index in [9.17, 15) is 0 Å². The molecule has 17 heavy (non-hydrogen) atoms. The maximum absolute atomic E-state index is 4.41. The molecule has 2 heterocycles. The predicted octanol–water partition coefficient (Wildman–Crippen LogP) is 1.99. The molecule has 2 rings (SSSR count). The molecule has 0 radical (unpaired) electrons. The third-order valence-electron chi connectivity index (χ3n) is 3.09. The average Bonchev–Trinajstić information content (AvgIpc) is 2.67. The molecule has 1 aliphatic rings. The van der Waals surface area contributed by atoms with Crippen LogP contribution >= 0.6 is 0 Å². The van der Waals surface area contributed by atoms with Crippen LogP contribution in [0.5, 0.6) is 0 Å². The van der Waals surface area contributed by atoms with Gasteiger partial charge >= 0.3 is 0 Å². The average molecular weight is 234 g/mol. The van der Waals surface area contributed by atoms with Crippen LogP contribution in [0.2, 0.25) is 0 Å². The van der Waals surface area contributed by atoms with Crippen molar-refractivity contribution in [2.75, 3.05) is 25.0 Å². The quantitative estimate of drug-likeness (QED) is 0.865. The number of hydrogen-bond donors (Lipinski definition) is 1. The molecule has 1 atom stereocenters. The standard InChI is InChI=1S/C13H22N4/c1-10-8-13(16-12(3)14-10)15-11(2)9-17-6-4-5-7-17/h8,11H,4-7,9H2,1-3H3,(H,14,15,16). The lowest BCUT2D eigenvalue weighted by Crippen LogP contribution is -2.33. The van der Waals surface area contributed by atoms with Gasteiger partial charge in [0.15, 0.2) is 0 Å². The molecule has 1 N–H and O–H groups in total. The second kappa shape index (κ2) is 5.45. The summed E-state index contributed by atoms with van der Waals surface area (Å²) < 4.78 is 0. The summed E-state index contributed by atoms with van der Waals surface area (Å²) in [6.07, 6.45) is 2.69. The molecule has 1 unspecified atom stereocenters. The number of aromatic nitrogens is 2. The smallest absolute Gasteiger partial charge is 0.130 e. The number of rotatable bonds is 4. The van der Waals surface area contributed by atoms with Gasteiger partial charge in [0, 0.05) is 24.3 Å². The van der Waals surface area contributed by atoms with Crippen molar-refractivity contribution in [1.82, 2.24) is 14.9 Å². The van der Waals surface area contributed by atoms with Gasteiger partial charge in [0.25, 0.3) is 0 Å². The molecule has 1 fully saturated rings. The lowest BCUT2D eigenvalue weighted by molar-refractivity contribution is 0.327. The molecule has 0 aromatic carbocycles. The first-order valence-corrected chi connectivity index (χ1v) is 6.44. The van der Waals surface area contributed by atoms with Crippen molar-refractivity contribution < 1.29 is 0 Å². The Bertz CT molecular complexity index is 351. The number of anilines is 1. The molecule has 1 saturated heterocycles. The number of nitrogens with zero attached hydrogens (tertiary/aromatic N) is 3. The van der Waals surface area contributed by atoms with E-state index in [0.29, 0.717) is 6.04 Å². The van der Waals surface area contributed by atoms with Gasteiger partial charge in [-0.1, -0.05) is 0 Å². The Balaban J connectivity index is 1.90. The van der Waals surface area contributed by atoms with E-state index in [0.717, 1.165) is 23.9 Å². The summed E-state index contributed by atoms with van der Waals surface area (Å²) in [6.45, 7) is 9.74. The van der Waals surface area contributed by atoms with Crippen LogP contribution in [0.1, 0.15) is 31.3 Å². The van der Waals surface area contributed by atoms with E-state index in [1.807, 2.05) is 19.9 Å². The van der Waals surface area contributed by atoms with Gasteiger partial charge in [-0.3, -0.25) is 0 Å². The number of aryl methyl sites for hydroxylation is 2. The Labute approximate surface area is 103 Å². The highest BCUT2D eigenvalue weighted by molar-refractivity contribution is 5.36. The summed E-state index contributed by atoms with van der Waals surface area (Å²) in [7, 11) is 0. The normalized spacial score (nSPS) is 18.3. The first-order chi connectivity index (χ1) is 8.13. The minimum absolute atomic E-state index is 0.432. The Morgan fingerprint density at radius 3 is 2.65 bits per heavy atom. The molecule has 1 aliphatic heterocycles. The van der Waals surface area contributed by atoms with E-state index < -0.39 is 0 Å². The van der Waals surface area contributed by atoms with Gasteiger partial charge < -0.3 is 10.2 Å². The van der Waals surface area contributed by atoms with Gasteiger partial charge in [0.1, 0.15) is 11.6 Å². The summed E-state index contributed by atoms with van der Waals surface area (Å²) in [5.74, 6) is 1.78. The molecular formula is C13H22N4. The van der Waals surface area contributed by atoms with Crippen molar-refractivity contribution in [3.63, 3.8) is 0 Å². The van der Waals surface area contributed by atoms with Crippen molar-refractivity contribution >= 4 is 5.82 Å². The summed E-state index contributed by atoms with van der Waals surface area (Å²) >= 11 is 0. The third-order valence-corrected chi connectivity index (χ3v) is 3.09. The fourth-order valence-electron chi connectivity index (χ4n) is 2.44. The van der Waals surface area contributed by atoms with E-state index in [1.165, 1.54) is 25.9 Å². The number of likely N-dealkylation sites (tertiary alicyclic amines) is 1. The number of nitrogens with one attached hydrogen (secondary N) is 1. The molecule has 4 nitrogen and oxygen atoms in total. The van der Waals surface area contributed by atoms with Gasteiger partial charge in [-0.25, -0.2) is 9.97 Å². The molecule has 0 bridgehead atoms. The van der Waals surface area contributed by atoms with Crippen molar-refractivity contribution in [2.45, 2.75) is 39.7 Å². The Morgan fingerprint density at radius 1 is 1.29 bits per heavy atom. The van der Waals surface area contributed by atoms with Gasteiger partial charge in [-0.2, -0.15) is 0 Å². The fourth-order valence-corrected chi connectivity index (χ4v) is 2.44. The monoisotopic (exact) mass is 234 g/mol. The lowest BCUT2D eigenvalue weighted by atomic mass is 10.3. The van der Waals surface area contributed by atoms with E-state index in [1.54, 1.807) is 0 Å². The summed E-state index contributed by atoms with van der Waals surface area (Å²) in [5, 5.41) is 3.46. The maximum Gasteiger partial charge on any atom is 0.130 e. The van der Waals surface area contributed by atoms with Gasteiger partial charge in [0.05, 0.1) is 0 Å². The number of hydrogen-bond acceptors (Lipinski definition) is 4. The molecule has 94 valence electrons. The topological polar surface area (TPSA) is 41.0 Å². The highest BCUT2D eigenvalue weighted by Gasteiger charge is 2.14. The molecule has 4 heteroatoms. The Hall–Kier alpha value is -1.16. The maximum atomic E-state index is 4.41. The highest BCUT2D eigenvalue weighted by Crippen LogP contribution is 2.11. The van der Waals surface area contributed by atoms with Gasteiger partial charge in [0.2, 0.25) is 0 Å². The second-order valence-corrected chi connectivity index (χ2v) is 4.99. The predicted molar refractivity (Wildman–Crippen MR) is 70.3 cm³/mol. The molecule has 0 saturated carbocycles. The van der Waals surface area contributed by atoms with E-state index in [4.69, 9.17) is 0 Å². The van der Waals surface area contributed by atoms with Crippen LogP contribution in [0, 0.1) is 13.8 Å². The zero-order chi connectivity index (χ0) is 12.3. The molecule has 0 aliphatic carbocycles. The van der Waals surface area contributed by atoms with Crippen LogP contribution < -0.4 is 5.32 Å². The van der Waals surface area contributed by atoms with Crippen molar-refractivity contribution in [3.8, 4) is 0 Å². The van der Waals surface area contributed by atoms with E-state index >= 15 is 0 Å². The third kappa shape index (κ3) is 3.66. The van der Waals surface area contributed by atoms with Crippen molar-refractivity contribution in [1.29, 1.82) is 0 Å². The highest BCUT2D eigenvalue weighted by atomic mass is 15.2. The first kappa shape index (κ1) is 12.3. The lowest BCUT2D eigenvalue weighted by Gasteiger charge is -2.21. The largest absolute Gasteiger partial charge is 0.366 e. The molecule has 0 spiro atoms. The summed E-state index contributed by atoms with van der Waals surface area (Å²) in [6, 6.07) is 2.44. The Kier molecular flexibility index (Phi) is 3.94. The van der Waals surface area contributed by atoms with E-state index in [-0.39, 0.29) is 0 Å². The zero-order valence-electron chi connectivity index (χ0n) is 11.0. The minimum Gasteiger partial charge on any atom is -0.366 e. The first-order valence-electron chi connectivity index (χ1n) is 6.44. The van der Waals surface area contributed by atoms with Gasteiger partial charge in [-0.05, 0) is 46.7 Å².